The summed E-state index contributed by atoms with van der Waals surface area (Å²) in [5.41, 5.74) is -0.390. The maximum Gasteiger partial charge on any atom is 0.433 e. The van der Waals surface area contributed by atoms with Gasteiger partial charge in [-0.05, 0) is 46.3 Å². The van der Waals surface area contributed by atoms with E-state index >= 15 is 0 Å². The van der Waals surface area contributed by atoms with Gasteiger partial charge in [-0.2, -0.15) is 13.2 Å². The van der Waals surface area contributed by atoms with Gasteiger partial charge in [0.1, 0.15) is 10.3 Å². The summed E-state index contributed by atoms with van der Waals surface area (Å²) in [5.74, 6) is 0.0437. The van der Waals surface area contributed by atoms with Gasteiger partial charge in [-0.1, -0.05) is 12.5 Å². The van der Waals surface area contributed by atoms with Gasteiger partial charge in [0, 0.05) is 0 Å². The molecule has 5 heteroatoms. The number of nitrogens with zero attached hydrogens (tertiary/aromatic N) is 1. The molecule has 1 aliphatic carbocycles. The third-order valence-electron chi connectivity index (χ3n) is 2.71. The zero-order valence-electron chi connectivity index (χ0n) is 7.81. The minimum absolute atomic E-state index is 0.0437. The summed E-state index contributed by atoms with van der Waals surface area (Å²) in [6.45, 7) is 0. The Morgan fingerprint density at radius 1 is 1.27 bits per heavy atom. The first-order chi connectivity index (χ1) is 6.98. The smallest absolute Gasteiger partial charge is 0.236 e. The molecular weight excluding hydrogens is 271 g/mol. The Kier molecular flexibility index (Phi) is 2.75. The molecule has 0 radical (unpaired) electrons. The number of pyridine rings is 1. The van der Waals surface area contributed by atoms with E-state index in [0.29, 0.717) is 5.56 Å². The molecule has 1 saturated carbocycles. The van der Waals surface area contributed by atoms with E-state index < -0.39 is 11.9 Å². The van der Waals surface area contributed by atoms with Gasteiger partial charge in [-0.3, -0.25) is 0 Å². The molecule has 1 aliphatic rings. The van der Waals surface area contributed by atoms with Gasteiger partial charge in [-0.15, -0.1) is 0 Å². The van der Waals surface area contributed by atoms with Crippen LogP contribution >= 0.6 is 15.9 Å². The van der Waals surface area contributed by atoms with Crippen molar-refractivity contribution in [2.24, 2.45) is 0 Å². The Balaban J connectivity index is 2.44. The number of hydrogen-bond donors (Lipinski definition) is 0. The monoisotopic (exact) mass is 279 g/mol. The normalized spacial score (nSPS) is 17.6. The molecule has 0 unspecified atom stereocenters. The van der Waals surface area contributed by atoms with Crippen molar-refractivity contribution in [1.29, 1.82) is 0 Å². The lowest BCUT2D eigenvalue weighted by molar-refractivity contribution is -0.142. The summed E-state index contributed by atoms with van der Waals surface area (Å²) in [5, 5.41) is 0. The maximum atomic E-state index is 12.7. The van der Waals surface area contributed by atoms with Crippen LogP contribution in [0.5, 0.6) is 0 Å². The van der Waals surface area contributed by atoms with Gasteiger partial charge in [0.25, 0.3) is 0 Å². The van der Waals surface area contributed by atoms with Crippen molar-refractivity contribution in [3.05, 3.63) is 28.0 Å². The van der Waals surface area contributed by atoms with E-state index in [9.17, 15) is 13.2 Å². The first-order valence-electron chi connectivity index (χ1n) is 4.72. The van der Waals surface area contributed by atoms with E-state index in [2.05, 4.69) is 20.9 Å². The molecule has 0 aliphatic heterocycles. The molecule has 1 aromatic rings. The van der Waals surface area contributed by atoms with Crippen LogP contribution in [0.1, 0.15) is 36.4 Å². The molecule has 0 atom stereocenters. The van der Waals surface area contributed by atoms with Crippen LogP contribution in [0.25, 0.3) is 0 Å². The van der Waals surface area contributed by atoms with Gasteiger partial charge in [0.05, 0.1) is 0 Å². The molecule has 0 saturated heterocycles. The third-order valence-corrected chi connectivity index (χ3v) is 3.15. The van der Waals surface area contributed by atoms with Crippen LogP contribution in [0.2, 0.25) is 0 Å². The average Bonchev–Trinajstić information content (AvgIpc) is 2.03. The summed E-state index contributed by atoms with van der Waals surface area (Å²) >= 11 is 2.97. The van der Waals surface area contributed by atoms with Crippen LogP contribution in [0.4, 0.5) is 13.2 Å². The number of aromatic nitrogens is 1. The number of rotatable bonds is 1. The fourth-order valence-electron chi connectivity index (χ4n) is 1.72. The third kappa shape index (κ3) is 2.17. The summed E-state index contributed by atoms with van der Waals surface area (Å²) in [6, 6.07) is 3.10. The van der Waals surface area contributed by atoms with Crippen molar-refractivity contribution >= 4 is 15.9 Å². The van der Waals surface area contributed by atoms with E-state index in [4.69, 9.17) is 0 Å². The second-order valence-corrected chi connectivity index (χ2v) is 4.51. The number of alkyl halides is 3. The fraction of sp³-hybridized carbons (Fsp3) is 0.500. The van der Waals surface area contributed by atoms with Crippen LogP contribution in [-0.2, 0) is 6.18 Å². The van der Waals surface area contributed by atoms with Crippen LogP contribution in [-0.4, -0.2) is 4.98 Å². The zero-order chi connectivity index (χ0) is 11.1. The number of halogens is 4. The molecule has 82 valence electrons. The van der Waals surface area contributed by atoms with Gasteiger partial charge >= 0.3 is 6.18 Å². The number of hydrogen-bond acceptors (Lipinski definition) is 1. The molecule has 15 heavy (non-hydrogen) atoms. The molecule has 1 nitrogen and oxygen atoms in total. The highest BCUT2D eigenvalue weighted by atomic mass is 79.9. The second kappa shape index (κ2) is 3.77. The van der Waals surface area contributed by atoms with E-state index in [-0.39, 0.29) is 10.5 Å². The molecule has 0 bridgehead atoms. The highest BCUT2D eigenvalue weighted by Gasteiger charge is 2.38. The first kappa shape index (κ1) is 10.9. The standard InChI is InChI=1S/C10H9BrF3N/c11-8-5-4-7(6-2-1-3-6)9(15-8)10(12,13)14/h4-6H,1-3H2. The van der Waals surface area contributed by atoms with Crippen molar-refractivity contribution in [1.82, 2.24) is 4.98 Å². The van der Waals surface area contributed by atoms with Crippen molar-refractivity contribution in [2.45, 2.75) is 31.4 Å². The molecule has 1 aromatic heterocycles. The molecule has 1 fully saturated rings. The van der Waals surface area contributed by atoms with Crippen molar-refractivity contribution < 1.29 is 13.2 Å². The highest BCUT2D eigenvalue weighted by Crippen LogP contribution is 2.42. The van der Waals surface area contributed by atoms with E-state index in [1.807, 2.05) is 0 Å². The SMILES string of the molecule is FC(F)(F)c1nc(Br)ccc1C1CCC1. The minimum atomic E-state index is -4.35. The molecule has 0 aromatic carbocycles. The van der Waals surface area contributed by atoms with E-state index in [0.717, 1.165) is 19.3 Å². The summed E-state index contributed by atoms with van der Waals surface area (Å²) in [7, 11) is 0. The molecular formula is C10H9BrF3N. The Morgan fingerprint density at radius 2 is 1.93 bits per heavy atom. The van der Waals surface area contributed by atoms with Gasteiger partial charge in [0.2, 0.25) is 0 Å². The van der Waals surface area contributed by atoms with Gasteiger partial charge in [-0.25, -0.2) is 4.98 Å². The Labute approximate surface area is 93.8 Å². The molecule has 1 heterocycles. The Morgan fingerprint density at radius 3 is 2.40 bits per heavy atom. The van der Waals surface area contributed by atoms with Crippen LogP contribution in [0.3, 0.4) is 0 Å². The quantitative estimate of drug-likeness (QED) is 0.705. The van der Waals surface area contributed by atoms with Gasteiger partial charge in [0.15, 0.2) is 0 Å². The van der Waals surface area contributed by atoms with Crippen molar-refractivity contribution in [3.8, 4) is 0 Å². The summed E-state index contributed by atoms with van der Waals surface area (Å²) in [4.78, 5) is 3.54. The van der Waals surface area contributed by atoms with E-state index in [1.54, 1.807) is 6.07 Å². The zero-order valence-corrected chi connectivity index (χ0v) is 9.40. The van der Waals surface area contributed by atoms with Crippen LogP contribution < -0.4 is 0 Å². The first-order valence-corrected chi connectivity index (χ1v) is 5.51. The Bertz CT molecular complexity index is 371. The van der Waals surface area contributed by atoms with Crippen LogP contribution in [0, 0.1) is 0 Å². The lowest BCUT2D eigenvalue weighted by Crippen LogP contribution is -2.18. The molecule has 0 N–H and O–H groups in total. The minimum Gasteiger partial charge on any atom is -0.236 e. The average molecular weight is 280 g/mol. The predicted octanol–water partition coefficient (Wildman–Crippen LogP) is 4.13. The maximum absolute atomic E-state index is 12.7. The molecule has 2 rings (SSSR count). The molecule has 0 amide bonds. The highest BCUT2D eigenvalue weighted by molar-refractivity contribution is 9.10. The second-order valence-electron chi connectivity index (χ2n) is 3.70. The van der Waals surface area contributed by atoms with E-state index in [1.165, 1.54) is 6.07 Å². The summed E-state index contributed by atoms with van der Waals surface area (Å²) < 4.78 is 38.2. The lowest BCUT2D eigenvalue weighted by Gasteiger charge is -2.27. The lowest BCUT2D eigenvalue weighted by atomic mass is 9.79. The molecule has 0 spiro atoms. The van der Waals surface area contributed by atoms with Crippen molar-refractivity contribution in [2.75, 3.05) is 0 Å². The fourth-order valence-corrected chi connectivity index (χ4v) is 2.03. The topological polar surface area (TPSA) is 12.9 Å². The largest absolute Gasteiger partial charge is 0.433 e. The van der Waals surface area contributed by atoms with Crippen LogP contribution in [0.15, 0.2) is 16.7 Å². The van der Waals surface area contributed by atoms with Crippen molar-refractivity contribution in [3.63, 3.8) is 0 Å². The Hall–Kier alpha value is -0.580. The predicted molar refractivity (Wildman–Crippen MR) is 53.5 cm³/mol. The summed E-state index contributed by atoms with van der Waals surface area (Å²) in [6.07, 6.45) is -1.66. The van der Waals surface area contributed by atoms with Gasteiger partial charge < -0.3 is 0 Å².